The zero-order chi connectivity index (χ0) is 26.0. The third-order valence-corrected chi connectivity index (χ3v) is 7.05. The zero-order valence-corrected chi connectivity index (χ0v) is 22.1. The molecule has 4 aromatic carbocycles. The summed E-state index contributed by atoms with van der Waals surface area (Å²) in [7, 11) is 0. The van der Waals surface area contributed by atoms with Gasteiger partial charge in [-0.15, -0.1) is 8.85 Å². The van der Waals surface area contributed by atoms with Gasteiger partial charge in [-0.1, -0.05) is 97.1 Å². The number of fused-ring (bicyclic) bond motifs is 2. The molecule has 4 nitrogen and oxygen atoms in total. The number of phenolic OH excluding ortho intramolecular Hbond substituents is 2. The van der Waals surface area contributed by atoms with Crippen molar-refractivity contribution in [3.63, 3.8) is 0 Å². The van der Waals surface area contributed by atoms with Crippen molar-refractivity contribution in [3.8, 4) is 11.5 Å². The molecule has 0 aliphatic heterocycles. The third-order valence-electron chi connectivity index (χ3n) is 5.61. The van der Waals surface area contributed by atoms with Gasteiger partial charge >= 0.3 is 0 Å². The minimum absolute atomic E-state index is 0.246. The molecule has 0 saturated heterocycles. The van der Waals surface area contributed by atoms with Crippen molar-refractivity contribution in [3.05, 3.63) is 133 Å². The van der Waals surface area contributed by atoms with Crippen LogP contribution in [0.15, 0.2) is 121 Å². The highest BCUT2D eigenvalue weighted by Crippen LogP contribution is 2.22. The maximum atomic E-state index is 9.43. The van der Waals surface area contributed by atoms with E-state index >= 15 is 0 Å². The van der Waals surface area contributed by atoms with Crippen LogP contribution in [0.5, 0.6) is 11.5 Å². The molecule has 0 fully saturated rings. The smallest absolute Gasteiger partial charge is 0.298 e. The molecule has 0 unspecified atom stereocenters. The summed E-state index contributed by atoms with van der Waals surface area (Å²) in [5.41, 5.74) is 3.20. The fourth-order valence-electron chi connectivity index (χ4n) is 3.75. The number of pyridine rings is 2. The number of phenols is 2. The van der Waals surface area contributed by atoms with Crippen LogP contribution < -0.4 is 8.85 Å². The van der Waals surface area contributed by atoms with E-state index in [1.807, 2.05) is 62.4 Å². The molecule has 2 heterocycles. The standard InChI is InChI=1S/2C10H9NO.2C6H5.Al/c2*1-7-5-6-8-3-2-4-9(12)10(8)11-7;2*1-2-4-6-5-3-1;/h2*2-6,12H,1H3;2*1-5H;. The van der Waals surface area contributed by atoms with Gasteiger partial charge < -0.3 is 10.2 Å². The predicted molar refractivity (Wildman–Crippen MR) is 154 cm³/mol. The van der Waals surface area contributed by atoms with Gasteiger partial charge in [-0.2, -0.15) is 0 Å². The van der Waals surface area contributed by atoms with E-state index in [2.05, 4.69) is 70.6 Å². The third kappa shape index (κ3) is 7.41. The molecule has 6 aromatic rings. The van der Waals surface area contributed by atoms with E-state index in [0.29, 0.717) is 11.0 Å². The highest BCUT2D eigenvalue weighted by molar-refractivity contribution is 6.67. The second-order valence-electron chi connectivity index (χ2n) is 8.57. The number of hydrogen-bond acceptors (Lipinski definition) is 4. The highest BCUT2D eigenvalue weighted by atomic mass is 27.1. The summed E-state index contributed by atoms with van der Waals surface area (Å²) in [4.78, 5) is 8.45. The van der Waals surface area contributed by atoms with Crippen LogP contribution in [0.1, 0.15) is 11.4 Å². The molecule has 181 valence electrons. The van der Waals surface area contributed by atoms with Crippen LogP contribution in [-0.2, 0) is 0 Å². The Hall–Kier alpha value is -4.17. The van der Waals surface area contributed by atoms with Gasteiger partial charge in [0.15, 0.2) is 0 Å². The van der Waals surface area contributed by atoms with Crippen molar-refractivity contribution in [2.75, 3.05) is 0 Å². The zero-order valence-electron chi connectivity index (χ0n) is 20.9. The lowest BCUT2D eigenvalue weighted by Gasteiger charge is -1.99. The van der Waals surface area contributed by atoms with Crippen LogP contribution in [-0.4, -0.2) is 35.4 Å². The Morgan fingerprint density at radius 3 is 1.27 bits per heavy atom. The monoisotopic (exact) mass is 499 g/mol. The molecule has 37 heavy (non-hydrogen) atoms. The number of aromatic nitrogens is 2. The highest BCUT2D eigenvalue weighted by Gasteiger charge is 2.00. The molecule has 0 atom stereocenters. The first-order valence-corrected chi connectivity index (χ1v) is 13.2. The van der Waals surface area contributed by atoms with E-state index in [0.717, 1.165) is 22.2 Å². The van der Waals surface area contributed by atoms with Gasteiger partial charge in [-0.05, 0) is 38.1 Å². The molecular weight excluding hydrogens is 471 g/mol. The van der Waals surface area contributed by atoms with Crippen LogP contribution in [0, 0.1) is 13.8 Å². The van der Waals surface area contributed by atoms with Crippen molar-refractivity contribution in [2.24, 2.45) is 0 Å². The van der Waals surface area contributed by atoms with Crippen LogP contribution in [0.2, 0.25) is 0 Å². The number of benzene rings is 4. The van der Waals surface area contributed by atoms with Crippen molar-refractivity contribution < 1.29 is 10.2 Å². The number of rotatable bonds is 2. The number of para-hydroxylation sites is 2. The van der Waals surface area contributed by atoms with Gasteiger partial charge in [-0.3, -0.25) is 0 Å². The molecule has 2 aromatic heterocycles. The van der Waals surface area contributed by atoms with Gasteiger partial charge in [0.05, 0.1) is 0 Å². The average Bonchev–Trinajstić information content (AvgIpc) is 2.92. The normalized spacial score (nSPS) is 10.1. The molecule has 0 aliphatic carbocycles. The topological polar surface area (TPSA) is 66.2 Å². The van der Waals surface area contributed by atoms with E-state index in [4.69, 9.17) is 0 Å². The quantitative estimate of drug-likeness (QED) is 0.294. The molecule has 2 N–H and O–H groups in total. The average molecular weight is 500 g/mol. The van der Waals surface area contributed by atoms with Gasteiger partial charge in [-0.25, -0.2) is 9.97 Å². The molecule has 0 bridgehead atoms. The Labute approximate surface area is 223 Å². The first-order chi connectivity index (χ1) is 18.0. The number of aromatic hydroxyl groups is 2. The fourth-order valence-corrected chi connectivity index (χ4v) is 4.96. The summed E-state index contributed by atoms with van der Waals surface area (Å²) in [6.45, 7) is 3.82. The Kier molecular flexibility index (Phi) is 8.89. The summed E-state index contributed by atoms with van der Waals surface area (Å²) >= 11 is 0.271. The Balaban J connectivity index is 0.000000130. The number of nitrogens with zero attached hydrogens (tertiary/aromatic N) is 2. The van der Waals surface area contributed by atoms with Crippen LogP contribution in [0.3, 0.4) is 0 Å². The summed E-state index contributed by atoms with van der Waals surface area (Å²) in [6.07, 6.45) is 0. The van der Waals surface area contributed by atoms with Crippen LogP contribution >= 0.6 is 0 Å². The predicted octanol–water partition coefficient (Wildman–Crippen LogP) is 5.84. The number of hydrogen-bond donors (Lipinski definition) is 2. The van der Waals surface area contributed by atoms with Gasteiger partial charge in [0, 0.05) is 22.2 Å². The Morgan fingerprint density at radius 1 is 0.459 bits per heavy atom. The van der Waals surface area contributed by atoms with Gasteiger partial charge in [0.2, 0.25) is 0 Å². The van der Waals surface area contributed by atoms with Gasteiger partial charge in [0.1, 0.15) is 22.5 Å². The van der Waals surface area contributed by atoms with Crippen LogP contribution in [0.4, 0.5) is 0 Å². The Bertz CT molecular complexity index is 1470. The van der Waals surface area contributed by atoms with Gasteiger partial charge in [0.25, 0.3) is 15.2 Å². The van der Waals surface area contributed by atoms with Crippen molar-refractivity contribution in [2.45, 2.75) is 13.8 Å². The summed E-state index contributed by atoms with van der Waals surface area (Å²) in [5, 5.41) is 20.8. The molecule has 1 radical (unpaired) electrons. The van der Waals surface area contributed by atoms with E-state index in [1.54, 1.807) is 12.1 Å². The van der Waals surface area contributed by atoms with E-state index in [1.165, 1.54) is 8.85 Å². The first-order valence-electron chi connectivity index (χ1n) is 12.0. The van der Waals surface area contributed by atoms with E-state index in [-0.39, 0.29) is 26.7 Å². The maximum absolute atomic E-state index is 9.43. The number of aryl methyl sites for hydroxylation is 2. The lowest BCUT2D eigenvalue weighted by molar-refractivity contribution is 0.480. The fraction of sp³-hybridized carbons (Fsp3) is 0.0625. The summed E-state index contributed by atoms with van der Waals surface area (Å²) in [5.74, 6) is 0.493. The molecule has 0 spiro atoms. The van der Waals surface area contributed by atoms with E-state index < -0.39 is 0 Å². The summed E-state index contributed by atoms with van der Waals surface area (Å²) in [6, 6.07) is 39.9. The SMILES string of the molecule is Cc1ccc2cccc(O)c2n1.Cc1ccc2cccc(O)c2n1.c1cc[c]([Al][c]2ccccc2)cc1. The van der Waals surface area contributed by atoms with Crippen LogP contribution in [0.25, 0.3) is 21.8 Å². The lowest BCUT2D eigenvalue weighted by atomic mass is 10.2. The van der Waals surface area contributed by atoms with E-state index in [9.17, 15) is 10.2 Å². The van der Waals surface area contributed by atoms with Crippen molar-refractivity contribution >= 4 is 45.9 Å². The summed E-state index contributed by atoms with van der Waals surface area (Å²) < 4.78 is 2.90. The Morgan fingerprint density at radius 2 is 0.865 bits per heavy atom. The molecule has 6 rings (SSSR count). The van der Waals surface area contributed by atoms with Crippen molar-refractivity contribution in [1.82, 2.24) is 9.97 Å². The second-order valence-corrected chi connectivity index (χ2v) is 10.2. The molecule has 5 heteroatoms. The first kappa shape index (κ1) is 25.9. The molecule has 0 aliphatic rings. The van der Waals surface area contributed by atoms with Crippen molar-refractivity contribution in [1.29, 1.82) is 0 Å². The maximum Gasteiger partial charge on any atom is 0.298 e. The minimum Gasteiger partial charge on any atom is -0.506 e. The second kappa shape index (κ2) is 12.7. The molecular formula is C32H28AlN2O2. The minimum atomic E-state index is 0.246. The molecule has 0 saturated carbocycles. The largest absolute Gasteiger partial charge is 0.506 e. The molecule has 0 amide bonds. The lowest BCUT2D eigenvalue weighted by Crippen LogP contribution is -2.26.